The molecule has 35 heavy (non-hydrogen) atoms. The normalized spacial score (nSPS) is 30.1. The van der Waals surface area contributed by atoms with E-state index in [4.69, 9.17) is 0 Å². The summed E-state index contributed by atoms with van der Waals surface area (Å²) in [4.78, 5) is 20.1. The van der Waals surface area contributed by atoms with Crippen LogP contribution in [0.3, 0.4) is 0 Å². The number of hydrogen-bond acceptors (Lipinski definition) is 5. The number of aliphatic hydroxyl groups is 1. The molecule has 2 aliphatic carbocycles. The van der Waals surface area contributed by atoms with E-state index >= 15 is 0 Å². The quantitative estimate of drug-likeness (QED) is 0.645. The molecule has 8 heteroatoms. The molecule has 2 aliphatic heterocycles. The molecule has 2 saturated heterocycles. The molecule has 2 heterocycles. The number of carbonyl (C=O) groups is 1. The summed E-state index contributed by atoms with van der Waals surface area (Å²) in [7, 11) is 1.25. The van der Waals surface area contributed by atoms with Crippen molar-refractivity contribution in [3.05, 3.63) is 35.9 Å². The molecule has 1 spiro atoms. The summed E-state index contributed by atoms with van der Waals surface area (Å²) in [6.07, 6.45) is 7.88. The number of amides is 2. The number of nitrogens with zero attached hydrogens (tertiary/aromatic N) is 3. The summed E-state index contributed by atoms with van der Waals surface area (Å²) in [6, 6.07) is 10.8. The van der Waals surface area contributed by atoms with Gasteiger partial charge in [-0.05, 0) is 76.9 Å². The maximum atomic E-state index is 13.8. The van der Waals surface area contributed by atoms with Gasteiger partial charge in [-0.2, -0.15) is 0 Å². The Kier molecular flexibility index (Phi) is 6.46. The predicted octanol–water partition coefficient (Wildman–Crippen LogP) is 3.23. The molecule has 2 amide bonds. The van der Waals surface area contributed by atoms with Gasteiger partial charge in [0.05, 0.1) is 29.2 Å². The topological polar surface area (TPSA) is 81.2 Å². The Bertz CT molecular complexity index is 1020. The molecule has 0 unspecified atom stereocenters. The van der Waals surface area contributed by atoms with Crippen LogP contribution in [0.25, 0.3) is 0 Å². The Balaban J connectivity index is 1.37. The van der Waals surface area contributed by atoms with Gasteiger partial charge in [0.15, 0.2) is 9.84 Å². The van der Waals surface area contributed by atoms with E-state index in [1.165, 1.54) is 24.8 Å². The Morgan fingerprint density at radius 2 is 1.63 bits per heavy atom. The van der Waals surface area contributed by atoms with Crippen LogP contribution in [0.1, 0.15) is 63.4 Å². The first-order valence-corrected chi connectivity index (χ1v) is 15.1. The van der Waals surface area contributed by atoms with E-state index in [-0.39, 0.29) is 48.0 Å². The molecule has 1 aromatic carbocycles. The van der Waals surface area contributed by atoms with Crippen LogP contribution in [0.4, 0.5) is 4.79 Å². The zero-order chi connectivity index (χ0) is 24.9. The zero-order valence-electron chi connectivity index (χ0n) is 21.3. The van der Waals surface area contributed by atoms with Crippen LogP contribution in [0, 0.1) is 5.92 Å². The number of hydrogen-bond donors (Lipinski definition) is 1. The highest BCUT2D eigenvalue weighted by Gasteiger charge is 2.56. The molecule has 0 aromatic heterocycles. The molecule has 1 N–H and O–H groups in total. The van der Waals surface area contributed by atoms with Crippen LogP contribution >= 0.6 is 0 Å². The highest BCUT2D eigenvalue weighted by molar-refractivity contribution is 7.91. The average Bonchev–Trinajstić information content (AvgIpc) is 3.04. The lowest BCUT2D eigenvalue weighted by atomic mass is 9.68. The van der Waals surface area contributed by atoms with Crippen LogP contribution in [0.5, 0.6) is 0 Å². The molecule has 7 nitrogen and oxygen atoms in total. The third-order valence-corrected chi connectivity index (χ3v) is 11.3. The first kappa shape index (κ1) is 25.0. The van der Waals surface area contributed by atoms with Crippen LogP contribution in [0.15, 0.2) is 30.3 Å². The number of sulfone groups is 1. The highest BCUT2D eigenvalue weighted by atomic mass is 32.2. The lowest BCUT2D eigenvalue weighted by molar-refractivity contribution is 0.00133. The maximum absolute atomic E-state index is 13.8. The molecule has 1 aromatic rings. The maximum Gasteiger partial charge on any atom is 0.320 e. The lowest BCUT2D eigenvalue weighted by Crippen LogP contribution is -2.56. The van der Waals surface area contributed by atoms with E-state index in [0.29, 0.717) is 12.5 Å². The minimum Gasteiger partial charge on any atom is -0.388 e. The van der Waals surface area contributed by atoms with Gasteiger partial charge in [0.2, 0.25) is 0 Å². The fourth-order valence-electron chi connectivity index (χ4n) is 6.94. The van der Waals surface area contributed by atoms with Crippen molar-refractivity contribution in [3.63, 3.8) is 0 Å². The number of urea groups is 1. The monoisotopic (exact) mass is 503 g/mol. The third-order valence-electron chi connectivity index (χ3n) is 9.64. The summed E-state index contributed by atoms with van der Waals surface area (Å²) >= 11 is 0. The second kappa shape index (κ2) is 9.03. The molecule has 194 valence electrons. The van der Waals surface area contributed by atoms with E-state index in [1.807, 2.05) is 4.90 Å². The fraction of sp³-hybridized carbons (Fsp3) is 0.741. The van der Waals surface area contributed by atoms with Crippen LogP contribution < -0.4 is 0 Å². The molecular formula is C27H41N3O4S. The van der Waals surface area contributed by atoms with Crippen molar-refractivity contribution in [1.82, 2.24) is 14.7 Å². The minimum absolute atomic E-state index is 0.00485. The van der Waals surface area contributed by atoms with E-state index in [1.54, 1.807) is 0 Å². The van der Waals surface area contributed by atoms with E-state index in [2.05, 4.69) is 54.2 Å². The first-order chi connectivity index (χ1) is 16.6. The number of benzene rings is 1. The molecule has 5 rings (SSSR count). The van der Waals surface area contributed by atoms with Gasteiger partial charge < -0.3 is 14.9 Å². The molecule has 4 aliphatic rings. The summed E-state index contributed by atoms with van der Waals surface area (Å²) < 4.78 is 23.8. The van der Waals surface area contributed by atoms with Gasteiger partial charge in [0.25, 0.3) is 0 Å². The summed E-state index contributed by atoms with van der Waals surface area (Å²) in [6.45, 7) is 1.68. The average molecular weight is 504 g/mol. The van der Waals surface area contributed by atoms with Gasteiger partial charge in [-0.3, -0.25) is 4.90 Å². The van der Waals surface area contributed by atoms with Gasteiger partial charge >= 0.3 is 6.03 Å². The van der Waals surface area contributed by atoms with Gasteiger partial charge in [0.1, 0.15) is 0 Å². The first-order valence-electron chi connectivity index (χ1n) is 13.3. The van der Waals surface area contributed by atoms with Gasteiger partial charge in [-0.1, -0.05) is 36.8 Å². The number of carbonyl (C=O) groups excluding carboxylic acids is 1. The zero-order valence-corrected chi connectivity index (χ0v) is 22.1. The van der Waals surface area contributed by atoms with Crippen LogP contribution in [-0.4, -0.2) is 90.6 Å². The molecule has 4 fully saturated rings. The predicted molar refractivity (Wildman–Crippen MR) is 137 cm³/mol. The van der Waals surface area contributed by atoms with E-state index in [0.717, 1.165) is 32.2 Å². The summed E-state index contributed by atoms with van der Waals surface area (Å²) in [5.74, 6) is 0.587. The molecule has 0 atom stereocenters. The Hall–Kier alpha value is -1.64. The highest BCUT2D eigenvalue weighted by Crippen LogP contribution is 2.50. The van der Waals surface area contributed by atoms with E-state index < -0.39 is 15.4 Å². The fourth-order valence-corrected chi connectivity index (χ4v) is 8.53. The van der Waals surface area contributed by atoms with Crippen molar-refractivity contribution in [1.29, 1.82) is 0 Å². The lowest BCUT2D eigenvalue weighted by Gasteiger charge is -2.51. The van der Waals surface area contributed by atoms with Crippen molar-refractivity contribution in [2.75, 3.05) is 45.2 Å². The molecule has 2 saturated carbocycles. The van der Waals surface area contributed by atoms with Gasteiger partial charge in [-0.25, -0.2) is 13.2 Å². The largest absolute Gasteiger partial charge is 0.388 e. The number of β-amino-alcohol motifs (C(OH)–C–C–N with tert-alkyl or cyclic N) is 1. The number of rotatable bonds is 6. The SMILES string of the molecule is CN(C)[C@]1(c2ccccc2)CC[C@@]2(CC1)CN(CC1(O)CCS(=O)(=O)CC1)C(=O)N2CC1CCC1. The molecule has 0 radical (unpaired) electrons. The van der Waals surface area contributed by atoms with E-state index in [9.17, 15) is 18.3 Å². The van der Waals surface area contributed by atoms with Crippen LogP contribution in [-0.2, 0) is 15.4 Å². The molecular weight excluding hydrogens is 462 g/mol. The van der Waals surface area contributed by atoms with Crippen LogP contribution in [0.2, 0.25) is 0 Å². The van der Waals surface area contributed by atoms with Crippen molar-refractivity contribution >= 4 is 15.9 Å². The summed E-state index contributed by atoms with van der Waals surface area (Å²) in [5, 5.41) is 11.2. The second-order valence-corrected chi connectivity index (χ2v) is 14.2. The van der Waals surface area contributed by atoms with Crippen molar-refractivity contribution in [3.8, 4) is 0 Å². The Labute approximate surface area is 210 Å². The smallest absolute Gasteiger partial charge is 0.320 e. The Morgan fingerprint density at radius 3 is 2.17 bits per heavy atom. The summed E-state index contributed by atoms with van der Waals surface area (Å²) in [5.41, 5.74) is -0.0239. The van der Waals surface area contributed by atoms with Crippen molar-refractivity contribution in [2.24, 2.45) is 5.92 Å². The third kappa shape index (κ3) is 4.62. The van der Waals surface area contributed by atoms with Crippen molar-refractivity contribution < 1.29 is 18.3 Å². The standard InChI is InChI=1S/C27H41N3O4S/c1-28(2)27(23-9-4-3-5-10-23)13-11-25(12-14-27)20-29(24(31)30(25)19-22-7-6-8-22)21-26(32)15-17-35(33,34)18-16-26/h3-5,9-10,22,32H,6-8,11-21H2,1-2H3/t25-,27-. The van der Waals surface area contributed by atoms with Gasteiger partial charge in [-0.15, -0.1) is 0 Å². The molecule has 0 bridgehead atoms. The van der Waals surface area contributed by atoms with Crippen molar-refractivity contribution in [2.45, 2.75) is 74.5 Å². The minimum atomic E-state index is -3.08. The van der Waals surface area contributed by atoms with Gasteiger partial charge in [0, 0.05) is 18.6 Å². The second-order valence-electron chi connectivity index (χ2n) is 11.9. The Morgan fingerprint density at radius 1 is 1.00 bits per heavy atom.